The highest BCUT2D eigenvalue weighted by molar-refractivity contribution is 5.79. The van der Waals surface area contributed by atoms with Gasteiger partial charge in [-0.05, 0) is 18.9 Å². The Morgan fingerprint density at radius 2 is 2.13 bits per heavy atom. The zero-order valence-electron chi connectivity index (χ0n) is 14.2. The number of carbonyl (C=O) groups excluding carboxylic acids is 1. The number of piperidine rings is 1. The summed E-state index contributed by atoms with van der Waals surface area (Å²) in [5.41, 5.74) is 0.157. The molecule has 0 aromatic heterocycles. The van der Waals surface area contributed by atoms with E-state index in [1.165, 1.54) is 0 Å². The molecule has 2 rings (SSSR count). The van der Waals surface area contributed by atoms with E-state index in [1.807, 2.05) is 36.1 Å². The Labute approximate surface area is 138 Å². The van der Waals surface area contributed by atoms with Crippen molar-refractivity contribution in [3.05, 3.63) is 29.8 Å². The summed E-state index contributed by atoms with van der Waals surface area (Å²) in [6.07, 6.45) is 1.53. The molecule has 1 aromatic rings. The lowest BCUT2D eigenvalue weighted by Crippen LogP contribution is -2.53. The summed E-state index contributed by atoms with van der Waals surface area (Å²) in [5.74, 6) is 0.852. The van der Waals surface area contributed by atoms with Crippen LogP contribution >= 0.6 is 0 Å². The van der Waals surface area contributed by atoms with Gasteiger partial charge >= 0.3 is 0 Å². The fourth-order valence-corrected chi connectivity index (χ4v) is 3.17. The summed E-state index contributed by atoms with van der Waals surface area (Å²) >= 11 is 0. The Balaban J connectivity index is 1.97. The minimum Gasteiger partial charge on any atom is -0.496 e. The fraction of sp³-hybridized carbons (Fsp3) is 0.611. The van der Waals surface area contributed by atoms with Crippen molar-refractivity contribution < 1.29 is 19.4 Å². The molecule has 5 heteroatoms. The van der Waals surface area contributed by atoms with E-state index in [0.29, 0.717) is 39.0 Å². The van der Waals surface area contributed by atoms with Crippen LogP contribution in [0.5, 0.6) is 5.75 Å². The SMILES string of the molecule is COCC[C@]1(O)CCN(C(=O)Cc2ccccc2OC)C[C@H]1C. The lowest BCUT2D eigenvalue weighted by Gasteiger charge is -2.43. The molecular weight excluding hydrogens is 294 g/mol. The van der Waals surface area contributed by atoms with Gasteiger partial charge in [0.25, 0.3) is 0 Å². The van der Waals surface area contributed by atoms with Gasteiger partial charge in [0.2, 0.25) is 5.91 Å². The zero-order chi connectivity index (χ0) is 16.9. The molecule has 0 saturated carbocycles. The van der Waals surface area contributed by atoms with Gasteiger partial charge in [-0.1, -0.05) is 25.1 Å². The largest absolute Gasteiger partial charge is 0.496 e. The molecule has 1 N–H and O–H groups in total. The first-order chi connectivity index (χ1) is 11.0. The van der Waals surface area contributed by atoms with E-state index in [0.717, 1.165) is 11.3 Å². The molecule has 1 saturated heterocycles. The van der Waals surface area contributed by atoms with Crippen molar-refractivity contribution in [2.24, 2.45) is 5.92 Å². The van der Waals surface area contributed by atoms with Crippen molar-refractivity contribution >= 4 is 5.91 Å². The van der Waals surface area contributed by atoms with Gasteiger partial charge in [-0.2, -0.15) is 0 Å². The van der Waals surface area contributed by atoms with Crippen molar-refractivity contribution in [1.29, 1.82) is 0 Å². The van der Waals surface area contributed by atoms with Gasteiger partial charge in [0, 0.05) is 38.3 Å². The second kappa shape index (κ2) is 7.79. The maximum atomic E-state index is 12.6. The number of methoxy groups -OCH3 is 2. The maximum absolute atomic E-state index is 12.6. The third-order valence-electron chi connectivity index (χ3n) is 4.85. The number of amides is 1. The molecular formula is C18H27NO4. The van der Waals surface area contributed by atoms with Crippen LogP contribution in [-0.2, 0) is 16.0 Å². The summed E-state index contributed by atoms with van der Waals surface area (Å²) in [5, 5.41) is 10.7. The summed E-state index contributed by atoms with van der Waals surface area (Å²) in [7, 11) is 3.25. The molecule has 1 aromatic carbocycles. The van der Waals surface area contributed by atoms with Gasteiger partial charge in [0.15, 0.2) is 0 Å². The van der Waals surface area contributed by atoms with E-state index >= 15 is 0 Å². The van der Waals surface area contributed by atoms with Gasteiger partial charge in [0.05, 0.1) is 19.1 Å². The van der Waals surface area contributed by atoms with Crippen molar-refractivity contribution in [3.63, 3.8) is 0 Å². The summed E-state index contributed by atoms with van der Waals surface area (Å²) in [6, 6.07) is 7.59. The lowest BCUT2D eigenvalue weighted by atomic mass is 9.79. The van der Waals surface area contributed by atoms with Crippen molar-refractivity contribution in [1.82, 2.24) is 4.90 Å². The zero-order valence-corrected chi connectivity index (χ0v) is 14.2. The molecule has 0 unspecified atom stereocenters. The molecule has 1 aliphatic heterocycles. The summed E-state index contributed by atoms with van der Waals surface area (Å²) < 4.78 is 10.4. The highest BCUT2D eigenvalue weighted by Gasteiger charge is 2.39. The third kappa shape index (κ3) is 4.24. The highest BCUT2D eigenvalue weighted by atomic mass is 16.5. The average molecular weight is 321 g/mol. The molecule has 1 fully saturated rings. The number of para-hydroxylation sites is 1. The molecule has 23 heavy (non-hydrogen) atoms. The van der Waals surface area contributed by atoms with Gasteiger partial charge < -0.3 is 19.5 Å². The number of aliphatic hydroxyl groups is 1. The number of rotatable bonds is 6. The minimum absolute atomic E-state index is 0.0352. The van der Waals surface area contributed by atoms with E-state index in [-0.39, 0.29) is 11.8 Å². The minimum atomic E-state index is -0.739. The fourth-order valence-electron chi connectivity index (χ4n) is 3.17. The van der Waals surface area contributed by atoms with E-state index in [1.54, 1.807) is 14.2 Å². The van der Waals surface area contributed by atoms with Crippen LogP contribution in [0.25, 0.3) is 0 Å². The van der Waals surface area contributed by atoms with Crippen LogP contribution in [0.3, 0.4) is 0 Å². The smallest absolute Gasteiger partial charge is 0.227 e. The molecule has 2 atom stereocenters. The Morgan fingerprint density at radius 1 is 1.39 bits per heavy atom. The Hall–Kier alpha value is -1.59. The number of hydrogen-bond donors (Lipinski definition) is 1. The lowest BCUT2D eigenvalue weighted by molar-refractivity contribution is -0.139. The van der Waals surface area contributed by atoms with Crippen LogP contribution in [0.1, 0.15) is 25.3 Å². The van der Waals surface area contributed by atoms with Gasteiger partial charge in [0.1, 0.15) is 5.75 Å². The van der Waals surface area contributed by atoms with E-state index in [9.17, 15) is 9.90 Å². The molecule has 0 radical (unpaired) electrons. The molecule has 1 heterocycles. The van der Waals surface area contributed by atoms with E-state index < -0.39 is 5.60 Å². The van der Waals surface area contributed by atoms with Gasteiger partial charge in [-0.3, -0.25) is 4.79 Å². The topological polar surface area (TPSA) is 59.0 Å². The molecule has 0 bridgehead atoms. The van der Waals surface area contributed by atoms with E-state index in [4.69, 9.17) is 9.47 Å². The molecule has 5 nitrogen and oxygen atoms in total. The Morgan fingerprint density at radius 3 is 2.78 bits per heavy atom. The molecule has 0 aliphatic carbocycles. The predicted octanol–water partition coefficient (Wildman–Crippen LogP) is 1.87. The number of nitrogens with zero attached hydrogens (tertiary/aromatic N) is 1. The molecule has 0 spiro atoms. The summed E-state index contributed by atoms with van der Waals surface area (Å²) in [6.45, 7) is 3.70. The number of hydrogen-bond acceptors (Lipinski definition) is 4. The van der Waals surface area contributed by atoms with Crippen LogP contribution in [-0.4, -0.2) is 55.4 Å². The molecule has 1 aliphatic rings. The third-order valence-corrected chi connectivity index (χ3v) is 4.85. The number of benzene rings is 1. The summed E-state index contributed by atoms with van der Waals surface area (Å²) in [4.78, 5) is 14.4. The average Bonchev–Trinajstić information content (AvgIpc) is 2.56. The van der Waals surface area contributed by atoms with Crippen molar-refractivity contribution in [3.8, 4) is 5.75 Å². The van der Waals surface area contributed by atoms with Gasteiger partial charge in [-0.15, -0.1) is 0 Å². The number of ether oxygens (including phenoxy) is 2. The second-order valence-electron chi connectivity index (χ2n) is 6.33. The van der Waals surface area contributed by atoms with Crippen molar-refractivity contribution in [2.75, 3.05) is 33.9 Å². The Bertz CT molecular complexity index is 534. The van der Waals surface area contributed by atoms with E-state index in [2.05, 4.69) is 0 Å². The monoisotopic (exact) mass is 321 g/mol. The van der Waals surface area contributed by atoms with Gasteiger partial charge in [-0.25, -0.2) is 0 Å². The van der Waals surface area contributed by atoms with Crippen LogP contribution in [0.4, 0.5) is 0 Å². The van der Waals surface area contributed by atoms with Crippen LogP contribution in [0.2, 0.25) is 0 Å². The normalized spacial score (nSPS) is 24.5. The maximum Gasteiger partial charge on any atom is 0.227 e. The van der Waals surface area contributed by atoms with Crippen LogP contribution in [0, 0.1) is 5.92 Å². The predicted molar refractivity (Wildman–Crippen MR) is 88.5 cm³/mol. The molecule has 128 valence electrons. The second-order valence-corrected chi connectivity index (χ2v) is 6.33. The first-order valence-corrected chi connectivity index (χ1v) is 8.11. The number of carbonyl (C=O) groups is 1. The quantitative estimate of drug-likeness (QED) is 0.869. The first kappa shape index (κ1) is 17.8. The van der Waals surface area contributed by atoms with Crippen LogP contribution in [0.15, 0.2) is 24.3 Å². The standard InChI is InChI=1S/C18H27NO4/c1-14-13-19(10-8-18(14,21)9-11-22-2)17(20)12-15-6-4-5-7-16(15)23-3/h4-7,14,21H,8-13H2,1-3H3/t14-,18-/m1/s1. The number of likely N-dealkylation sites (tertiary alicyclic amines) is 1. The van der Waals surface area contributed by atoms with Crippen LogP contribution < -0.4 is 4.74 Å². The molecule has 1 amide bonds. The highest BCUT2D eigenvalue weighted by Crippen LogP contribution is 2.31. The first-order valence-electron chi connectivity index (χ1n) is 8.11. The van der Waals surface area contributed by atoms with Crippen molar-refractivity contribution in [2.45, 2.75) is 31.8 Å². The Kier molecular flexibility index (Phi) is 6.02.